The van der Waals surface area contributed by atoms with Crippen LogP contribution in [0.1, 0.15) is 6.92 Å². The van der Waals surface area contributed by atoms with E-state index in [0.29, 0.717) is 5.57 Å². The van der Waals surface area contributed by atoms with Crippen LogP contribution in [0.25, 0.3) is 0 Å². The maximum Gasteiger partial charge on any atom is 0.197 e. The highest BCUT2D eigenvalue weighted by atomic mass is 35.5. The van der Waals surface area contributed by atoms with E-state index in [4.69, 9.17) is 11.6 Å². The lowest BCUT2D eigenvalue weighted by atomic mass is 10.1. The Bertz CT molecular complexity index is 233. The second-order valence-corrected chi connectivity index (χ2v) is 2.46. The fraction of sp³-hybridized carbons (Fsp3) is 0.143. The fourth-order valence-electron chi connectivity index (χ4n) is 0.637. The summed E-state index contributed by atoms with van der Waals surface area (Å²) >= 11 is 5.37. The summed E-state index contributed by atoms with van der Waals surface area (Å²) in [7, 11) is 0. The van der Waals surface area contributed by atoms with Crippen molar-refractivity contribution >= 4 is 23.2 Å². The van der Waals surface area contributed by atoms with Gasteiger partial charge in [0.1, 0.15) is 0 Å². The average molecular weight is 157 g/mol. The first kappa shape index (κ1) is 7.22. The van der Waals surface area contributed by atoms with Gasteiger partial charge in [0, 0.05) is 11.6 Å². The molecule has 1 rings (SSSR count). The molecule has 0 aliphatic heterocycles. The van der Waals surface area contributed by atoms with Crippen LogP contribution in [0.4, 0.5) is 0 Å². The van der Waals surface area contributed by atoms with E-state index < -0.39 is 0 Å². The molecule has 10 heavy (non-hydrogen) atoms. The number of carbonyl (C=O) groups is 2. The van der Waals surface area contributed by atoms with E-state index in [1.54, 1.807) is 6.92 Å². The quantitative estimate of drug-likeness (QED) is 0.494. The van der Waals surface area contributed by atoms with Crippen molar-refractivity contribution in [2.45, 2.75) is 6.92 Å². The molecule has 0 spiro atoms. The second-order valence-electron chi connectivity index (χ2n) is 2.05. The molecule has 0 aromatic heterocycles. The zero-order valence-corrected chi connectivity index (χ0v) is 6.11. The molecule has 0 fully saturated rings. The van der Waals surface area contributed by atoms with Crippen LogP contribution in [-0.2, 0) is 9.59 Å². The zero-order valence-electron chi connectivity index (χ0n) is 5.35. The molecule has 0 unspecified atom stereocenters. The van der Waals surface area contributed by atoms with Gasteiger partial charge in [0.15, 0.2) is 11.6 Å². The molecule has 1 aliphatic rings. The van der Waals surface area contributed by atoms with E-state index in [1.807, 2.05) is 0 Å². The molecule has 0 saturated heterocycles. The Hall–Kier alpha value is -0.890. The first-order valence-electron chi connectivity index (χ1n) is 2.75. The summed E-state index contributed by atoms with van der Waals surface area (Å²) in [5, 5.41) is -0.00407. The van der Waals surface area contributed by atoms with Gasteiger partial charge in [0.05, 0.1) is 5.03 Å². The van der Waals surface area contributed by atoms with Gasteiger partial charge in [0.2, 0.25) is 0 Å². The molecule has 0 aromatic rings. The van der Waals surface area contributed by atoms with E-state index >= 15 is 0 Å². The molecule has 52 valence electrons. The van der Waals surface area contributed by atoms with Crippen LogP contribution in [0.3, 0.4) is 0 Å². The number of hydrogen-bond donors (Lipinski definition) is 0. The molecule has 2 nitrogen and oxygen atoms in total. The smallest absolute Gasteiger partial charge is 0.197 e. The summed E-state index contributed by atoms with van der Waals surface area (Å²) in [6, 6.07) is 0. The molecular weight excluding hydrogens is 152 g/mol. The summed E-state index contributed by atoms with van der Waals surface area (Å²) < 4.78 is 0. The van der Waals surface area contributed by atoms with Crippen molar-refractivity contribution in [1.82, 2.24) is 0 Å². The standard InChI is InChI=1S/C7H5ClO2/c1-4-2-7(10)5(8)3-6(4)9/h2-3H,1H3. The van der Waals surface area contributed by atoms with Gasteiger partial charge in [0.25, 0.3) is 0 Å². The second kappa shape index (κ2) is 2.39. The number of ketones is 2. The van der Waals surface area contributed by atoms with Gasteiger partial charge in [-0.1, -0.05) is 11.6 Å². The van der Waals surface area contributed by atoms with E-state index in [2.05, 4.69) is 0 Å². The summed E-state index contributed by atoms with van der Waals surface area (Å²) in [5.41, 5.74) is 0.439. The minimum Gasteiger partial charge on any atom is -0.290 e. The van der Waals surface area contributed by atoms with Crippen molar-refractivity contribution in [2.24, 2.45) is 0 Å². The Morgan fingerprint density at radius 2 is 1.80 bits per heavy atom. The minimum atomic E-state index is -0.293. The highest BCUT2D eigenvalue weighted by Gasteiger charge is 2.14. The third kappa shape index (κ3) is 1.16. The van der Waals surface area contributed by atoms with E-state index in [-0.39, 0.29) is 16.6 Å². The largest absolute Gasteiger partial charge is 0.290 e. The van der Waals surface area contributed by atoms with E-state index in [9.17, 15) is 9.59 Å². The van der Waals surface area contributed by atoms with Crippen LogP contribution < -0.4 is 0 Å². The van der Waals surface area contributed by atoms with Crippen LogP contribution in [0.5, 0.6) is 0 Å². The summed E-state index contributed by atoms with van der Waals surface area (Å²) in [5.74, 6) is -0.483. The first-order chi connectivity index (χ1) is 4.61. The Morgan fingerprint density at radius 1 is 1.20 bits per heavy atom. The third-order valence-corrected chi connectivity index (χ3v) is 1.52. The van der Waals surface area contributed by atoms with Crippen LogP contribution >= 0.6 is 11.6 Å². The van der Waals surface area contributed by atoms with Crippen molar-refractivity contribution in [2.75, 3.05) is 0 Å². The maximum atomic E-state index is 10.8. The first-order valence-corrected chi connectivity index (χ1v) is 3.13. The molecule has 0 heterocycles. The number of halogens is 1. The zero-order chi connectivity index (χ0) is 7.72. The topological polar surface area (TPSA) is 34.1 Å². The van der Waals surface area contributed by atoms with Crippen LogP contribution in [0.15, 0.2) is 22.8 Å². The molecule has 0 atom stereocenters. The summed E-state index contributed by atoms with van der Waals surface area (Å²) in [6.07, 6.45) is 2.38. The number of carbonyl (C=O) groups excluding carboxylic acids is 2. The highest BCUT2D eigenvalue weighted by molar-refractivity contribution is 6.47. The van der Waals surface area contributed by atoms with Crippen molar-refractivity contribution < 1.29 is 9.59 Å². The molecule has 0 radical (unpaired) electrons. The van der Waals surface area contributed by atoms with Gasteiger partial charge in [-0.05, 0) is 13.0 Å². The lowest BCUT2D eigenvalue weighted by Crippen LogP contribution is -2.07. The fourth-order valence-corrected chi connectivity index (χ4v) is 0.790. The Morgan fingerprint density at radius 3 is 2.30 bits per heavy atom. The minimum absolute atomic E-state index is 0.00407. The van der Waals surface area contributed by atoms with Crippen molar-refractivity contribution in [3.8, 4) is 0 Å². The molecule has 0 aromatic carbocycles. The Kier molecular flexibility index (Phi) is 1.72. The molecule has 0 saturated carbocycles. The van der Waals surface area contributed by atoms with Gasteiger partial charge in [-0.2, -0.15) is 0 Å². The SMILES string of the molecule is CC1=CC(=O)C(Cl)=CC1=O. The van der Waals surface area contributed by atoms with Crippen molar-refractivity contribution in [3.63, 3.8) is 0 Å². The van der Waals surface area contributed by atoms with Crippen LogP contribution in [0.2, 0.25) is 0 Å². The monoisotopic (exact) mass is 156 g/mol. The lowest BCUT2D eigenvalue weighted by Gasteiger charge is -2.01. The van der Waals surface area contributed by atoms with Crippen molar-refractivity contribution in [1.29, 1.82) is 0 Å². The summed E-state index contributed by atoms with van der Waals surface area (Å²) in [4.78, 5) is 21.5. The molecule has 0 bridgehead atoms. The van der Waals surface area contributed by atoms with Crippen LogP contribution in [0, 0.1) is 0 Å². The Labute approximate surface area is 63.2 Å². The highest BCUT2D eigenvalue weighted by Crippen LogP contribution is 2.13. The van der Waals surface area contributed by atoms with Crippen molar-refractivity contribution in [3.05, 3.63) is 22.8 Å². The lowest BCUT2D eigenvalue weighted by molar-refractivity contribution is -0.114. The van der Waals surface area contributed by atoms with Gasteiger partial charge in [-0.15, -0.1) is 0 Å². The van der Waals surface area contributed by atoms with Gasteiger partial charge < -0.3 is 0 Å². The Balaban J connectivity index is 3.03. The predicted octanol–water partition coefficient (Wildman–Crippen LogP) is 1.21. The van der Waals surface area contributed by atoms with Gasteiger partial charge in [-0.25, -0.2) is 0 Å². The molecular formula is C7H5ClO2. The number of allylic oxidation sites excluding steroid dienone is 4. The summed E-state index contributed by atoms with van der Waals surface area (Å²) in [6.45, 7) is 1.58. The maximum absolute atomic E-state index is 10.8. The molecule has 1 aliphatic carbocycles. The van der Waals surface area contributed by atoms with Gasteiger partial charge in [-0.3, -0.25) is 9.59 Å². The third-order valence-electron chi connectivity index (χ3n) is 1.23. The molecule has 3 heteroatoms. The van der Waals surface area contributed by atoms with E-state index in [1.165, 1.54) is 6.08 Å². The number of rotatable bonds is 0. The van der Waals surface area contributed by atoms with Gasteiger partial charge >= 0.3 is 0 Å². The molecule has 0 amide bonds. The van der Waals surface area contributed by atoms with E-state index in [0.717, 1.165) is 6.08 Å². The van der Waals surface area contributed by atoms with Crippen LogP contribution in [-0.4, -0.2) is 11.6 Å². The average Bonchev–Trinajstić information content (AvgIpc) is 1.84. The molecule has 0 N–H and O–H groups in total. The number of hydrogen-bond acceptors (Lipinski definition) is 2. The predicted molar refractivity (Wildman–Crippen MR) is 37.7 cm³/mol. The normalized spacial score (nSPS) is 18.6.